The minimum atomic E-state index is -4.37. The third-order valence-corrected chi connectivity index (χ3v) is 3.83. The molecular weight excluding hydrogens is 345 g/mol. The van der Waals surface area contributed by atoms with Gasteiger partial charge in [-0.3, -0.25) is 4.79 Å². The number of nitrogens with one attached hydrogen (secondary N) is 1. The highest BCUT2D eigenvalue weighted by molar-refractivity contribution is 5.81. The van der Waals surface area contributed by atoms with Crippen LogP contribution in [0.15, 0.2) is 48.5 Å². The van der Waals surface area contributed by atoms with Gasteiger partial charge in [-0.1, -0.05) is 31.2 Å². The van der Waals surface area contributed by atoms with Crippen molar-refractivity contribution in [2.45, 2.75) is 38.7 Å². The van der Waals surface area contributed by atoms with Gasteiger partial charge in [0, 0.05) is 6.54 Å². The van der Waals surface area contributed by atoms with Crippen molar-refractivity contribution < 1.29 is 22.7 Å². The molecule has 0 bridgehead atoms. The molecule has 0 spiro atoms. The molecule has 3 N–H and O–H groups in total. The number of ether oxygens (including phenoxy) is 1. The van der Waals surface area contributed by atoms with Crippen LogP contribution in [0.1, 0.15) is 30.0 Å². The van der Waals surface area contributed by atoms with E-state index in [0.717, 1.165) is 17.7 Å². The van der Waals surface area contributed by atoms with E-state index in [-0.39, 0.29) is 12.5 Å². The molecule has 0 unspecified atom stereocenters. The van der Waals surface area contributed by atoms with E-state index < -0.39 is 17.8 Å². The summed E-state index contributed by atoms with van der Waals surface area (Å²) >= 11 is 0. The molecule has 1 amide bonds. The van der Waals surface area contributed by atoms with Crippen molar-refractivity contribution >= 4 is 5.91 Å². The number of carbonyl (C=O) groups excluding carboxylic acids is 1. The second-order valence-corrected chi connectivity index (χ2v) is 5.86. The lowest BCUT2D eigenvalue weighted by molar-refractivity contribution is -0.137. The lowest BCUT2D eigenvalue weighted by atomic mass is 10.1. The molecule has 0 radical (unpaired) electrons. The molecule has 2 aromatic carbocycles. The lowest BCUT2D eigenvalue weighted by Crippen LogP contribution is -2.39. The lowest BCUT2D eigenvalue weighted by Gasteiger charge is -2.11. The molecule has 0 aliphatic carbocycles. The fourth-order valence-electron chi connectivity index (χ4n) is 2.21. The maximum Gasteiger partial charge on any atom is 0.416 e. The maximum atomic E-state index is 12.7. The highest BCUT2D eigenvalue weighted by atomic mass is 19.4. The Balaban J connectivity index is 1.89. The number of benzene rings is 2. The van der Waals surface area contributed by atoms with Gasteiger partial charge in [0.1, 0.15) is 12.4 Å². The number of nitrogens with two attached hydrogens (primary N) is 1. The largest absolute Gasteiger partial charge is 0.489 e. The van der Waals surface area contributed by atoms with Gasteiger partial charge < -0.3 is 15.8 Å². The van der Waals surface area contributed by atoms with E-state index in [4.69, 9.17) is 10.5 Å². The molecule has 26 heavy (non-hydrogen) atoms. The Hall–Kier alpha value is -2.54. The zero-order chi connectivity index (χ0) is 19.2. The monoisotopic (exact) mass is 366 g/mol. The molecule has 7 heteroatoms. The normalized spacial score (nSPS) is 12.5. The van der Waals surface area contributed by atoms with Crippen molar-refractivity contribution in [3.8, 4) is 5.75 Å². The second kappa shape index (κ2) is 8.71. The second-order valence-electron chi connectivity index (χ2n) is 5.86. The maximum absolute atomic E-state index is 12.7. The zero-order valence-electron chi connectivity index (χ0n) is 14.3. The summed E-state index contributed by atoms with van der Waals surface area (Å²) < 4.78 is 43.6. The average molecular weight is 366 g/mol. The average Bonchev–Trinajstić information content (AvgIpc) is 2.64. The van der Waals surface area contributed by atoms with Gasteiger partial charge in [-0.25, -0.2) is 0 Å². The SMILES string of the molecule is CC[C@@H](N)C(=O)NCc1ccc(OCc2cccc(C(F)(F)F)c2)cc1. The Kier molecular flexibility index (Phi) is 6.63. The number of carbonyl (C=O) groups is 1. The highest BCUT2D eigenvalue weighted by Gasteiger charge is 2.30. The van der Waals surface area contributed by atoms with Crippen LogP contribution in [0, 0.1) is 0 Å². The first-order valence-corrected chi connectivity index (χ1v) is 8.20. The Labute approximate surface area is 150 Å². The fourth-order valence-corrected chi connectivity index (χ4v) is 2.21. The summed E-state index contributed by atoms with van der Waals surface area (Å²) in [6, 6.07) is 11.5. The van der Waals surface area contributed by atoms with E-state index in [9.17, 15) is 18.0 Å². The third-order valence-electron chi connectivity index (χ3n) is 3.83. The van der Waals surface area contributed by atoms with Crippen LogP contribution in [0.3, 0.4) is 0 Å². The summed E-state index contributed by atoms with van der Waals surface area (Å²) in [5.41, 5.74) is 6.24. The van der Waals surface area contributed by atoms with Gasteiger partial charge in [-0.05, 0) is 41.8 Å². The molecule has 0 aliphatic heterocycles. The smallest absolute Gasteiger partial charge is 0.416 e. The predicted octanol–water partition coefficient (Wildman–Crippen LogP) is 3.64. The van der Waals surface area contributed by atoms with Crippen LogP contribution in [0.5, 0.6) is 5.75 Å². The summed E-state index contributed by atoms with van der Waals surface area (Å²) in [5.74, 6) is 0.320. The molecule has 2 rings (SSSR count). The fraction of sp³-hybridized carbons (Fsp3) is 0.316. The molecule has 0 aliphatic rings. The van der Waals surface area contributed by atoms with E-state index in [1.54, 1.807) is 30.3 Å². The number of alkyl halides is 3. The molecule has 4 nitrogen and oxygen atoms in total. The molecular formula is C19H21F3N2O2. The van der Waals surface area contributed by atoms with Crippen LogP contribution in [0.4, 0.5) is 13.2 Å². The summed E-state index contributed by atoms with van der Waals surface area (Å²) in [7, 11) is 0. The minimum Gasteiger partial charge on any atom is -0.489 e. The van der Waals surface area contributed by atoms with Crippen LogP contribution < -0.4 is 15.8 Å². The molecule has 2 aromatic rings. The van der Waals surface area contributed by atoms with Gasteiger partial charge >= 0.3 is 6.18 Å². The molecule has 0 aromatic heterocycles. The minimum absolute atomic E-state index is 0.0331. The Morgan fingerprint density at radius 2 is 1.85 bits per heavy atom. The Morgan fingerprint density at radius 1 is 1.15 bits per heavy atom. The van der Waals surface area contributed by atoms with Crippen molar-refractivity contribution in [3.63, 3.8) is 0 Å². The topological polar surface area (TPSA) is 64.4 Å². The molecule has 0 fully saturated rings. The highest BCUT2D eigenvalue weighted by Crippen LogP contribution is 2.29. The van der Waals surface area contributed by atoms with Crippen molar-refractivity contribution in [2.75, 3.05) is 0 Å². The van der Waals surface area contributed by atoms with Crippen LogP contribution in [-0.2, 0) is 24.1 Å². The number of hydrogen-bond donors (Lipinski definition) is 2. The molecule has 0 saturated heterocycles. The molecule has 0 saturated carbocycles. The van der Waals surface area contributed by atoms with Gasteiger partial charge in [0.05, 0.1) is 11.6 Å². The van der Waals surface area contributed by atoms with E-state index in [0.29, 0.717) is 24.3 Å². The van der Waals surface area contributed by atoms with E-state index in [1.807, 2.05) is 6.92 Å². The van der Waals surface area contributed by atoms with Crippen LogP contribution >= 0.6 is 0 Å². The summed E-state index contributed by atoms with van der Waals surface area (Å²) in [5, 5.41) is 2.74. The summed E-state index contributed by atoms with van der Waals surface area (Å²) in [6.07, 6.45) is -3.81. The van der Waals surface area contributed by atoms with E-state index in [1.165, 1.54) is 6.07 Å². The number of amides is 1. The van der Waals surface area contributed by atoms with Crippen LogP contribution in [-0.4, -0.2) is 11.9 Å². The van der Waals surface area contributed by atoms with Crippen LogP contribution in [0.25, 0.3) is 0 Å². The van der Waals surface area contributed by atoms with Gasteiger partial charge in [-0.15, -0.1) is 0 Å². The Morgan fingerprint density at radius 3 is 2.46 bits per heavy atom. The van der Waals surface area contributed by atoms with Crippen molar-refractivity contribution in [1.82, 2.24) is 5.32 Å². The third kappa shape index (κ3) is 5.77. The first kappa shape index (κ1) is 19.8. The van der Waals surface area contributed by atoms with Crippen molar-refractivity contribution in [2.24, 2.45) is 5.73 Å². The van der Waals surface area contributed by atoms with Crippen molar-refractivity contribution in [1.29, 1.82) is 0 Å². The van der Waals surface area contributed by atoms with Gasteiger partial charge in [-0.2, -0.15) is 13.2 Å². The van der Waals surface area contributed by atoms with E-state index >= 15 is 0 Å². The number of hydrogen-bond acceptors (Lipinski definition) is 3. The standard InChI is InChI=1S/C19H21F3N2O2/c1-2-17(23)18(25)24-11-13-6-8-16(9-7-13)26-12-14-4-3-5-15(10-14)19(20,21)22/h3-10,17H,2,11-12,23H2,1H3,(H,24,25)/t17-/m1/s1. The van der Waals surface area contributed by atoms with Gasteiger partial charge in [0.25, 0.3) is 0 Å². The number of halogens is 3. The summed E-state index contributed by atoms with van der Waals surface area (Å²) in [6.45, 7) is 2.21. The molecule has 1 atom stereocenters. The first-order valence-electron chi connectivity index (χ1n) is 8.20. The zero-order valence-corrected chi connectivity index (χ0v) is 14.3. The molecule has 140 valence electrons. The number of rotatable bonds is 7. The first-order chi connectivity index (χ1) is 12.3. The summed E-state index contributed by atoms with van der Waals surface area (Å²) in [4.78, 5) is 11.6. The predicted molar refractivity (Wildman–Crippen MR) is 92.3 cm³/mol. The van der Waals surface area contributed by atoms with E-state index in [2.05, 4.69) is 5.32 Å². The van der Waals surface area contributed by atoms with Gasteiger partial charge in [0.2, 0.25) is 5.91 Å². The van der Waals surface area contributed by atoms with Gasteiger partial charge in [0.15, 0.2) is 0 Å². The Bertz CT molecular complexity index is 730. The van der Waals surface area contributed by atoms with Crippen molar-refractivity contribution in [3.05, 3.63) is 65.2 Å². The van der Waals surface area contributed by atoms with Crippen LogP contribution in [0.2, 0.25) is 0 Å². The molecule has 0 heterocycles. The quantitative estimate of drug-likeness (QED) is 0.786.